The van der Waals surface area contributed by atoms with Crippen LogP contribution in [0, 0.1) is 0 Å². The maximum atomic E-state index is 12.1. The first-order valence-corrected chi connectivity index (χ1v) is 7.85. The molecular formula is C18H17N3O4. The van der Waals surface area contributed by atoms with Crippen molar-refractivity contribution in [2.75, 3.05) is 11.4 Å². The van der Waals surface area contributed by atoms with Gasteiger partial charge in [0.2, 0.25) is 5.91 Å². The average Bonchev–Trinajstić information content (AvgIpc) is 3.06. The van der Waals surface area contributed by atoms with E-state index in [1.807, 2.05) is 0 Å². The number of aromatic hydroxyl groups is 1. The van der Waals surface area contributed by atoms with E-state index in [2.05, 4.69) is 10.9 Å². The molecule has 2 aromatic rings. The number of para-hydroxylation sites is 1. The van der Waals surface area contributed by atoms with Crippen LogP contribution in [0.25, 0.3) is 0 Å². The highest BCUT2D eigenvalue weighted by molar-refractivity contribution is 6.01. The van der Waals surface area contributed by atoms with Gasteiger partial charge in [-0.3, -0.25) is 25.2 Å². The van der Waals surface area contributed by atoms with E-state index in [4.69, 9.17) is 0 Å². The second-order valence-electron chi connectivity index (χ2n) is 5.62. The fraction of sp³-hybridized carbons (Fsp3) is 0.167. The summed E-state index contributed by atoms with van der Waals surface area (Å²) in [5, 5.41) is 9.61. The van der Waals surface area contributed by atoms with E-state index in [0.29, 0.717) is 18.5 Å². The maximum absolute atomic E-state index is 12.1. The molecule has 0 unspecified atom stereocenters. The Labute approximate surface area is 144 Å². The van der Waals surface area contributed by atoms with Crippen LogP contribution in [0.5, 0.6) is 5.75 Å². The molecule has 1 fully saturated rings. The summed E-state index contributed by atoms with van der Waals surface area (Å²) in [6.45, 7) is 0.682. The number of phenolic OH excluding ortho intramolecular Hbond substituents is 1. The molecule has 0 atom stereocenters. The van der Waals surface area contributed by atoms with Crippen LogP contribution < -0.4 is 15.8 Å². The first kappa shape index (κ1) is 16.5. The van der Waals surface area contributed by atoms with Crippen molar-refractivity contribution < 1.29 is 19.5 Å². The zero-order chi connectivity index (χ0) is 17.8. The van der Waals surface area contributed by atoms with Crippen molar-refractivity contribution in [2.45, 2.75) is 12.8 Å². The Morgan fingerprint density at radius 1 is 0.960 bits per heavy atom. The van der Waals surface area contributed by atoms with Crippen molar-refractivity contribution in [1.82, 2.24) is 10.9 Å². The van der Waals surface area contributed by atoms with Crippen LogP contribution >= 0.6 is 0 Å². The van der Waals surface area contributed by atoms with Crippen molar-refractivity contribution in [1.29, 1.82) is 0 Å². The lowest BCUT2D eigenvalue weighted by molar-refractivity contribution is -0.117. The SMILES string of the molecule is O=C(NNC(=O)c1ccccc1O)c1ccc(N2CCCC2=O)cc1. The van der Waals surface area contributed by atoms with Crippen LogP contribution in [0.4, 0.5) is 5.69 Å². The summed E-state index contributed by atoms with van der Waals surface area (Å²) >= 11 is 0. The number of benzene rings is 2. The molecule has 1 aliphatic heterocycles. The van der Waals surface area contributed by atoms with E-state index in [9.17, 15) is 19.5 Å². The van der Waals surface area contributed by atoms with E-state index in [1.54, 1.807) is 41.3 Å². The Bertz CT molecular complexity index is 817. The number of phenols is 1. The molecule has 7 heteroatoms. The van der Waals surface area contributed by atoms with Gasteiger partial charge in [-0.05, 0) is 42.8 Å². The van der Waals surface area contributed by atoms with E-state index >= 15 is 0 Å². The number of anilines is 1. The molecule has 128 valence electrons. The van der Waals surface area contributed by atoms with E-state index in [1.165, 1.54) is 12.1 Å². The summed E-state index contributed by atoms with van der Waals surface area (Å²) in [5.41, 5.74) is 5.69. The Morgan fingerprint density at radius 3 is 2.28 bits per heavy atom. The number of carbonyl (C=O) groups is 3. The van der Waals surface area contributed by atoms with E-state index in [0.717, 1.165) is 12.1 Å². The van der Waals surface area contributed by atoms with Crippen LogP contribution in [-0.4, -0.2) is 29.4 Å². The largest absolute Gasteiger partial charge is 0.507 e. The highest BCUT2D eigenvalue weighted by Gasteiger charge is 2.21. The summed E-state index contributed by atoms with van der Waals surface area (Å²) in [5.74, 6) is -1.21. The third kappa shape index (κ3) is 3.60. The fourth-order valence-corrected chi connectivity index (χ4v) is 2.63. The quantitative estimate of drug-likeness (QED) is 0.740. The minimum absolute atomic E-state index is 0.0608. The molecule has 1 saturated heterocycles. The van der Waals surface area contributed by atoms with Gasteiger partial charge in [-0.1, -0.05) is 12.1 Å². The van der Waals surface area contributed by atoms with Gasteiger partial charge in [0.1, 0.15) is 5.75 Å². The number of amides is 3. The van der Waals surface area contributed by atoms with Crippen molar-refractivity contribution in [2.24, 2.45) is 0 Å². The zero-order valence-corrected chi connectivity index (χ0v) is 13.4. The molecule has 25 heavy (non-hydrogen) atoms. The number of hydrazine groups is 1. The second-order valence-corrected chi connectivity index (χ2v) is 5.62. The number of nitrogens with one attached hydrogen (secondary N) is 2. The van der Waals surface area contributed by atoms with Crippen LogP contribution in [0.15, 0.2) is 48.5 Å². The molecule has 0 spiro atoms. The Kier molecular flexibility index (Phi) is 4.65. The van der Waals surface area contributed by atoms with Crippen LogP contribution in [0.3, 0.4) is 0 Å². The molecule has 0 aliphatic carbocycles. The molecule has 3 amide bonds. The standard InChI is InChI=1S/C18H17N3O4/c22-15-5-2-1-4-14(15)18(25)20-19-17(24)12-7-9-13(10-8-12)21-11-3-6-16(21)23/h1-2,4-5,7-10,22H,3,6,11H2,(H,19,24)(H,20,25). The fourth-order valence-electron chi connectivity index (χ4n) is 2.63. The molecule has 3 N–H and O–H groups in total. The van der Waals surface area contributed by atoms with Crippen molar-refractivity contribution in [3.8, 4) is 5.75 Å². The molecule has 7 nitrogen and oxygen atoms in total. The second kappa shape index (κ2) is 7.04. The predicted octanol–water partition coefficient (Wildman–Crippen LogP) is 1.59. The van der Waals surface area contributed by atoms with Gasteiger partial charge in [-0.15, -0.1) is 0 Å². The first-order chi connectivity index (χ1) is 12.1. The molecule has 0 radical (unpaired) electrons. The Morgan fingerprint density at radius 2 is 1.64 bits per heavy atom. The number of hydrogen-bond donors (Lipinski definition) is 3. The number of nitrogens with zero attached hydrogens (tertiary/aromatic N) is 1. The van der Waals surface area contributed by atoms with Crippen molar-refractivity contribution >= 4 is 23.4 Å². The highest BCUT2D eigenvalue weighted by atomic mass is 16.3. The number of carbonyl (C=O) groups excluding carboxylic acids is 3. The minimum atomic E-state index is -0.620. The predicted molar refractivity (Wildman–Crippen MR) is 91.1 cm³/mol. The molecule has 0 saturated carbocycles. The van der Waals surface area contributed by atoms with Gasteiger partial charge in [0.15, 0.2) is 0 Å². The van der Waals surface area contributed by atoms with Gasteiger partial charge < -0.3 is 10.0 Å². The summed E-state index contributed by atoms with van der Waals surface area (Å²) in [6.07, 6.45) is 1.38. The van der Waals surface area contributed by atoms with E-state index in [-0.39, 0.29) is 17.2 Å². The minimum Gasteiger partial charge on any atom is -0.507 e. The number of hydrogen-bond acceptors (Lipinski definition) is 4. The number of rotatable bonds is 3. The van der Waals surface area contributed by atoms with Crippen molar-refractivity contribution in [3.05, 3.63) is 59.7 Å². The smallest absolute Gasteiger partial charge is 0.273 e. The highest BCUT2D eigenvalue weighted by Crippen LogP contribution is 2.21. The maximum Gasteiger partial charge on any atom is 0.273 e. The van der Waals surface area contributed by atoms with Crippen LogP contribution in [-0.2, 0) is 4.79 Å². The molecule has 0 bridgehead atoms. The van der Waals surface area contributed by atoms with Crippen LogP contribution in [0.2, 0.25) is 0 Å². The van der Waals surface area contributed by atoms with Gasteiger partial charge in [0.25, 0.3) is 11.8 Å². The molecule has 1 aliphatic rings. The normalized spacial score (nSPS) is 13.6. The lowest BCUT2D eigenvalue weighted by Gasteiger charge is -2.16. The van der Waals surface area contributed by atoms with Gasteiger partial charge in [0, 0.05) is 24.2 Å². The van der Waals surface area contributed by atoms with Gasteiger partial charge >= 0.3 is 0 Å². The molecule has 0 aromatic heterocycles. The van der Waals surface area contributed by atoms with Crippen LogP contribution in [0.1, 0.15) is 33.6 Å². The van der Waals surface area contributed by atoms with Crippen molar-refractivity contribution in [3.63, 3.8) is 0 Å². The lowest BCUT2D eigenvalue weighted by Crippen LogP contribution is -2.41. The monoisotopic (exact) mass is 339 g/mol. The zero-order valence-electron chi connectivity index (χ0n) is 13.4. The van der Waals surface area contributed by atoms with Gasteiger partial charge in [-0.2, -0.15) is 0 Å². The lowest BCUT2D eigenvalue weighted by atomic mass is 10.2. The van der Waals surface area contributed by atoms with E-state index < -0.39 is 11.8 Å². The molecule has 1 heterocycles. The Balaban J connectivity index is 1.61. The molecule has 3 rings (SSSR count). The summed E-state index contributed by atoms with van der Waals surface area (Å²) in [4.78, 5) is 37.4. The molecular weight excluding hydrogens is 322 g/mol. The van der Waals surface area contributed by atoms with Gasteiger partial charge in [-0.25, -0.2) is 0 Å². The third-order valence-corrected chi connectivity index (χ3v) is 3.95. The summed E-state index contributed by atoms with van der Waals surface area (Å²) in [6, 6.07) is 12.6. The van der Waals surface area contributed by atoms with Gasteiger partial charge in [0.05, 0.1) is 5.56 Å². The first-order valence-electron chi connectivity index (χ1n) is 7.85. The average molecular weight is 339 g/mol. The Hall–Kier alpha value is -3.35. The molecule has 2 aromatic carbocycles. The summed E-state index contributed by atoms with van der Waals surface area (Å²) in [7, 11) is 0. The topological polar surface area (TPSA) is 98.7 Å². The summed E-state index contributed by atoms with van der Waals surface area (Å²) < 4.78 is 0. The third-order valence-electron chi connectivity index (χ3n) is 3.95.